The standard InChI is InChI=1S/C19H17F6N5O2/c20-14(21)12-7-19(32,18(24)25)30(28-12)17(31)10-8-26-29-13(15(22)23)6-11(27-16(10)29)9-4-2-1-3-5-9/h1-5,8,11,13-15,18,27,32H,6-7H2/t11-,13-,19+/m0/s1. The van der Waals surface area contributed by atoms with Crippen LogP contribution in [0.5, 0.6) is 0 Å². The first-order chi connectivity index (χ1) is 15.1. The fraction of sp³-hybridized carbons (Fsp3) is 0.421. The minimum absolute atomic E-state index is 0.0810. The summed E-state index contributed by atoms with van der Waals surface area (Å²) >= 11 is 0. The molecule has 0 aliphatic carbocycles. The number of hydrogen-bond acceptors (Lipinski definition) is 5. The van der Waals surface area contributed by atoms with Crippen molar-refractivity contribution >= 4 is 17.4 Å². The number of benzene rings is 1. The number of carbonyl (C=O) groups is 1. The molecule has 1 aromatic heterocycles. The number of aliphatic hydroxyl groups is 1. The molecule has 13 heteroatoms. The average Bonchev–Trinajstić information content (AvgIpc) is 3.35. The molecular weight excluding hydrogens is 444 g/mol. The van der Waals surface area contributed by atoms with Gasteiger partial charge in [0.05, 0.1) is 12.2 Å². The molecule has 0 spiro atoms. The fourth-order valence-electron chi connectivity index (χ4n) is 3.81. The molecule has 3 heterocycles. The quantitative estimate of drug-likeness (QED) is 0.666. The molecular formula is C19H17F6N5O2. The lowest BCUT2D eigenvalue weighted by Gasteiger charge is -2.33. The van der Waals surface area contributed by atoms with Crippen molar-refractivity contribution in [1.82, 2.24) is 14.8 Å². The summed E-state index contributed by atoms with van der Waals surface area (Å²) in [5.74, 6) is -1.59. The number of fused-ring (bicyclic) bond motifs is 1. The summed E-state index contributed by atoms with van der Waals surface area (Å²) in [6.45, 7) is 0. The largest absolute Gasteiger partial charge is 0.364 e. The zero-order valence-electron chi connectivity index (χ0n) is 16.2. The molecule has 0 fully saturated rings. The number of anilines is 1. The van der Waals surface area contributed by atoms with Gasteiger partial charge in [0.25, 0.3) is 25.2 Å². The van der Waals surface area contributed by atoms with Crippen LogP contribution < -0.4 is 5.32 Å². The van der Waals surface area contributed by atoms with Gasteiger partial charge < -0.3 is 10.4 Å². The van der Waals surface area contributed by atoms with Crippen molar-refractivity contribution in [1.29, 1.82) is 0 Å². The Bertz CT molecular complexity index is 1030. The van der Waals surface area contributed by atoms with Crippen LogP contribution in [0.25, 0.3) is 0 Å². The molecule has 0 bridgehead atoms. The van der Waals surface area contributed by atoms with Gasteiger partial charge in [0.2, 0.25) is 5.72 Å². The molecule has 0 unspecified atom stereocenters. The van der Waals surface area contributed by atoms with E-state index in [1.807, 2.05) is 0 Å². The van der Waals surface area contributed by atoms with E-state index in [9.17, 15) is 36.2 Å². The average molecular weight is 461 g/mol. The van der Waals surface area contributed by atoms with E-state index in [0.29, 0.717) is 5.56 Å². The highest BCUT2D eigenvalue weighted by molar-refractivity contribution is 6.02. The molecule has 1 amide bonds. The normalized spacial score (nSPS) is 25.3. The number of amides is 1. The number of rotatable bonds is 5. The number of nitrogens with one attached hydrogen (secondary N) is 1. The van der Waals surface area contributed by atoms with Crippen LogP contribution in [0.15, 0.2) is 41.6 Å². The lowest BCUT2D eigenvalue weighted by molar-refractivity contribution is -0.164. The van der Waals surface area contributed by atoms with Crippen LogP contribution in [-0.4, -0.2) is 56.5 Å². The van der Waals surface area contributed by atoms with E-state index in [4.69, 9.17) is 0 Å². The molecule has 0 radical (unpaired) electrons. The second-order valence-corrected chi connectivity index (χ2v) is 7.46. The summed E-state index contributed by atoms with van der Waals surface area (Å²) in [5, 5.41) is 20.0. The summed E-state index contributed by atoms with van der Waals surface area (Å²) in [7, 11) is 0. The smallest absolute Gasteiger partial charge is 0.287 e. The number of hydrogen-bond donors (Lipinski definition) is 2. The van der Waals surface area contributed by atoms with Crippen LogP contribution in [0.3, 0.4) is 0 Å². The van der Waals surface area contributed by atoms with Crippen LogP contribution in [0.1, 0.15) is 40.8 Å². The molecule has 2 aromatic rings. The summed E-state index contributed by atoms with van der Waals surface area (Å²) in [6, 6.07) is 6.38. The summed E-state index contributed by atoms with van der Waals surface area (Å²) in [4.78, 5) is 13.0. The molecule has 0 saturated heterocycles. The van der Waals surface area contributed by atoms with Gasteiger partial charge in [-0.1, -0.05) is 30.3 Å². The van der Waals surface area contributed by atoms with E-state index in [1.165, 1.54) is 0 Å². The monoisotopic (exact) mass is 461 g/mol. The predicted molar refractivity (Wildman–Crippen MR) is 99.9 cm³/mol. The third-order valence-electron chi connectivity index (χ3n) is 5.45. The minimum Gasteiger partial charge on any atom is -0.364 e. The topological polar surface area (TPSA) is 82.8 Å². The van der Waals surface area contributed by atoms with Crippen molar-refractivity contribution in [3.8, 4) is 0 Å². The Kier molecular flexibility index (Phi) is 5.61. The van der Waals surface area contributed by atoms with E-state index < -0.39 is 60.7 Å². The van der Waals surface area contributed by atoms with Crippen LogP contribution in [0.4, 0.5) is 32.2 Å². The Morgan fingerprint density at radius 2 is 1.84 bits per heavy atom. The zero-order chi connectivity index (χ0) is 23.2. The van der Waals surface area contributed by atoms with E-state index >= 15 is 0 Å². The lowest BCUT2D eigenvalue weighted by atomic mass is 9.97. The highest BCUT2D eigenvalue weighted by Crippen LogP contribution is 2.41. The Morgan fingerprint density at radius 3 is 2.44 bits per heavy atom. The van der Waals surface area contributed by atoms with E-state index in [1.54, 1.807) is 30.3 Å². The first kappa shape index (κ1) is 22.1. The van der Waals surface area contributed by atoms with Crippen LogP contribution >= 0.6 is 0 Å². The maximum Gasteiger partial charge on any atom is 0.287 e. The number of hydrazone groups is 1. The second kappa shape index (κ2) is 8.11. The van der Waals surface area contributed by atoms with Gasteiger partial charge in [0, 0.05) is 6.42 Å². The summed E-state index contributed by atoms with van der Waals surface area (Å²) < 4.78 is 81.4. The van der Waals surface area contributed by atoms with Gasteiger partial charge in [-0.2, -0.15) is 15.2 Å². The zero-order valence-corrected chi connectivity index (χ0v) is 16.2. The van der Waals surface area contributed by atoms with E-state index in [0.717, 1.165) is 10.9 Å². The SMILES string of the molecule is O=C(c1cnn2c1N[C@H](c1ccccc1)C[C@H]2C(F)F)N1N=C(C(F)F)C[C@@]1(O)C(F)F. The maximum absolute atomic E-state index is 13.7. The third-order valence-corrected chi connectivity index (χ3v) is 5.45. The Balaban J connectivity index is 1.74. The molecule has 1 aromatic carbocycles. The highest BCUT2D eigenvalue weighted by Gasteiger charge is 2.54. The van der Waals surface area contributed by atoms with Crippen molar-refractivity contribution in [2.75, 3.05) is 5.32 Å². The van der Waals surface area contributed by atoms with Crippen molar-refractivity contribution in [3.05, 3.63) is 47.7 Å². The molecule has 2 aliphatic rings. The van der Waals surface area contributed by atoms with E-state index in [2.05, 4.69) is 15.5 Å². The van der Waals surface area contributed by atoms with Gasteiger partial charge in [0.1, 0.15) is 23.1 Å². The first-order valence-electron chi connectivity index (χ1n) is 9.51. The van der Waals surface area contributed by atoms with Gasteiger partial charge in [-0.05, 0) is 12.0 Å². The van der Waals surface area contributed by atoms with Crippen LogP contribution in [-0.2, 0) is 0 Å². The van der Waals surface area contributed by atoms with Gasteiger partial charge >= 0.3 is 0 Å². The molecule has 172 valence electrons. The predicted octanol–water partition coefficient (Wildman–Crippen LogP) is 3.67. The number of nitrogens with zero attached hydrogens (tertiary/aromatic N) is 4. The van der Waals surface area contributed by atoms with Crippen LogP contribution in [0, 0.1) is 0 Å². The third kappa shape index (κ3) is 3.59. The molecule has 2 N–H and O–H groups in total. The van der Waals surface area contributed by atoms with Gasteiger partial charge in [-0.25, -0.2) is 31.0 Å². The molecule has 0 saturated carbocycles. The molecule has 4 rings (SSSR count). The van der Waals surface area contributed by atoms with Crippen molar-refractivity contribution < 1.29 is 36.2 Å². The lowest BCUT2D eigenvalue weighted by Crippen LogP contribution is -2.51. The summed E-state index contributed by atoms with van der Waals surface area (Å²) in [5.41, 5.74) is -4.22. The fourth-order valence-corrected chi connectivity index (χ4v) is 3.81. The summed E-state index contributed by atoms with van der Waals surface area (Å²) in [6.07, 6.45) is -10.2. The highest BCUT2D eigenvalue weighted by atomic mass is 19.3. The number of carbonyl (C=O) groups excluding carboxylic acids is 1. The Labute approximate surface area is 177 Å². The van der Waals surface area contributed by atoms with Crippen molar-refractivity contribution in [2.45, 2.75) is 49.9 Å². The Morgan fingerprint density at radius 1 is 1.16 bits per heavy atom. The van der Waals surface area contributed by atoms with Crippen molar-refractivity contribution in [2.24, 2.45) is 5.10 Å². The number of aromatic nitrogens is 2. The minimum atomic E-state index is -3.61. The van der Waals surface area contributed by atoms with E-state index in [-0.39, 0.29) is 17.2 Å². The Hall–Kier alpha value is -3.09. The van der Waals surface area contributed by atoms with Crippen molar-refractivity contribution in [3.63, 3.8) is 0 Å². The molecule has 7 nitrogen and oxygen atoms in total. The number of alkyl halides is 6. The van der Waals surface area contributed by atoms with Crippen LogP contribution in [0.2, 0.25) is 0 Å². The maximum atomic E-state index is 13.7. The molecule has 3 atom stereocenters. The van der Waals surface area contributed by atoms with Gasteiger partial charge in [0.15, 0.2) is 0 Å². The first-order valence-corrected chi connectivity index (χ1v) is 9.51. The molecule has 2 aliphatic heterocycles. The van der Waals surface area contributed by atoms with Gasteiger partial charge in [-0.3, -0.25) is 4.79 Å². The number of halogens is 6. The second-order valence-electron chi connectivity index (χ2n) is 7.46. The molecule has 32 heavy (non-hydrogen) atoms. The van der Waals surface area contributed by atoms with Gasteiger partial charge in [-0.15, -0.1) is 0 Å².